The van der Waals surface area contributed by atoms with E-state index in [1.54, 1.807) is 0 Å². The fourth-order valence-corrected chi connectivity index (χ4v) is 3.65. The number of hydrogen-bond acceptors (Lipinski definition) is 5. The standard InChI is InChI=1S/C12H15BrClNO5S/c1-19-7-9(20-2)6-15-12(16)8-3-4-10(13)11(5-8)21(14,17)18/h3-5,9H,6-7H2,1-2H3,(H,15,16). The van der Waals surface area contributed by atoms with E-state index in [1.165, 1.54) is 32.4 Å². The van der Waals surface area contributed by atoms with Gasteiger partial charge in [0, 0.05) is 41.5 Å². The van der Waals surface area contributed by atoms with Gasteiger partial charge in [0.2, 0.25) is 0 Å². The smallest absolute Gasteiger partial charge is 0.262 e. The molecule has 1 amide bonds. The van der Waals surface area contributed by atoms with Crippen molar-refractivity contribution in [1.29, 1.82) is 0 Å². The Morgan fingerprint density at radius 3 is 2.62 bits per heavy atom. The van der Waals surface area contributed by atoms with E-state index in [4.69, 9.17) is 20.2 Å². The number of methoxy groups -OCH3 is 2. The molecule has 9 heteroatoms. The third kappa shape index (κ3) is 5.55. The normalized spacial score (nSPS) is 13.0. The third-order valence-corrected chi connectivity index (χ3v) is 4.95. The number of benzene rings is 1. The maximum atomic E-state index is 12.0. The van der Waals surface area contributed by atoms with Crippen LogP contribution in [-0.4, -0.2) is 47.8 Å². The zero-order chi connectivity index (χ0) is 16.0. The predicted molar refractivity (Wildman–Crippen MR) is 82.2 cm³/mol. The summed E-state index contributed by atoms with van der Waals surface area (Å²) in [4.78, 5) is 11.8. The molecule has 0 heterocycles. The van der Waals surface area contributed by atoms with Crippen molar-refractivity contribution in [2.45, 2.75) is 11.0 Å². The molecule has 1 unspecified atom stereocenters. The zero-order valence-corrected chi connectivity index (χ0v) is 14.6. The van der Waals surface area contributed by atoms with Gasteiger partial charge in [-0.25, -0.2) is 8.42 Å². The van der Waals surface area contributed by atoms with E-state index >= 15 is 0 Å². The van der Waals surface area contributed by atoms with Crippen molar-refractivity contribution in [2.24, 2.45) is 0 Å². The molecule has 0 aliphatic heterocycles. The van der Waals surface area contributed by atoms with Crippen LogP contribution in [0.4, 0.5) is 0 Å². The molecule has 6 nitrogen and oxygen atoms in total. The van der Waals surface area contributed by atoms with Gasteiger partial charge in [0.05, 0.1) is 17.6 Å². The number of hydrogen-bond donors (Lipinski definition) is 1. The fraction of sp³-hybridized carbons (Fsp3) is 0.417. The molecule has 0 bridgehead atoms. The highest BCUT2D eigenvalue weighted by molar-refractivity contribution is 9.10. The van der Waals surface area contributed by atoms with Gasteiger partial charge >= 0.3 is 0 Å². The zero-order valence-electron chi connectivity index (χ0n) is 11.4. The first-order valence-electron chi connectivity index (χ1n) is 5.83. The highest BCUT2D eigenvalue weighted by atomic mass is 79.9. The maximum absolute atomic E-state index is 12.0. The molecule has 0 radical (unpaired) electrons. The van der Waals surface area contributed by atoms with Gasteiger partial charge in [-0.2, -0.15) is 0 Å². The minimum atomic E-state index is -3.93. The third-order valence-electron chi connectivity index (χ3n) is 2.63. The van der Waals surface area contributed by atoms with Crippen molar-refractivity contribution >= 4 is 41.6 Å². The molecule has 0 saturated carbocycles. The van der Waals surface area contributed by atoms with Crippen molar-refractivity contribution in [3.63, 3.8) is 0 Å². The summed E-state index contributed by atoms with van der Waals surface area (Å²) in [6.45, 7) is 0.570. The van der Waals surface area contributed by atoms with Gasteiger partial charge in [-0.15, -0.1) is 0 Å². The first-order chi connectivity index (χ1) is 9.79. The van der Waals surface area contributed by atoms with Crippen LogP contribution in [0, 0.1) is 0 Å². The Hall–Kier alpha value is -0.670. The summed E-state index contributed by atoms with van der Waals surface area (Å²) < 4.78 is 33.1. The summed E-state index contributed by atoms with van der Waals surface area (Å²) in [7, 11) is 4.41. The van der Waals surface area contributed by atoms with Crippen molar-refractivity contribution in [3.8, 4) is 0 Å². The number of halogens is 2. The van der Waals surface area contributed by atoms with E-state index in [-0.39, 0.29) is 23.1 Å². The van der Waals surface area contributed by atoms with Crippen LogP contribution in [0.5, 0.6) is 0 Å². The SMILES string of the molecule is COCC(CNC(=O)c1ccc(Br)c(S(=O)(=O)Cl)c1)OC. The van der Waals surface area contributed by atoms with Crippen molar-refractivity contribution in [1.82, 2.24) is 5.32 Å². The molecule has 21 heavy (non-hydrogen) atoms. The molecule has 0 fully saturated rings. The lowest BCUT2D eigenvalue weighted by Gasteiger charge is -2.15. The maximum Gasteiger partial charge on any atom is 0.262 e. The van der Waals surface area contributed by atoms with Crippen molar-refractivity contribution in [3.05, 3.63) is 28.2 Å². The van der Waals surface area contributed by atoms with Gasteiger partial charge in [0.15, 0.2) is 0 Å². The van der Waals surface area contributed by atoms with E-state index < -0.39 is 15.0 Å². The van der Waals surface area contributed by atoms with Gasteiger partial charge in [-0.1, -0.05) is 0 Å². The molecule has 0 aliphatic rings. The molecule has 0 spiro atoms. The number of ether oxygens (including phenoxy) is 2. The molecule has 1 atom stereocenters. The lowest BCUT2D eigenvalue weighted by Crippen LogP contribution is -2.35. The molecule has 1 aromatic carbocycles. The summed E-state index contributed by atoms with van der Waals surface area (Å²) in [5.41, 5.74) is 0.185. The number of nitrogens with one attached hydrogen (secondary N) is 1. The lowest BCUT2D eigenvalue weighted by molar-refractivity contribution is 0.0285. The second kappa shape index (κ2) is 8.09. The van der Waals surface area contributed by atoms with E-state index in [0.717, 1.165) is 0 Å². The molecule has 1 aromatic rings. The van der Waals surface area contributed by atoms with Crippen LogP contribution in [0.15, 0.2) is 27.6 Å². The van der Waals surface area contributed by atoms with Crippen LogP contribution < -0.4 is 5.32 Å². The topological polar surface area (TPSA) is 81.7 Å². The average Bonchev–Trinajstić information content (AvgIpc) is 2.42. The Bertz CT molecular complexity index is 608. The summed E-state index contributed by atoms with van der Waals surface area (Å²) in [6, 6.07) is 4.15. The van der Waals surface area contributed by atoms with E-state index in [0.29, 0.717) is 11.1 Å². The monoisotopic (exact) mass is 399 g/mol. The first kappa shape index (κ1) is 18.4. The fourth-order valence-electron chi connectivity index (χ4n) is 1.54. The summed E-state index contributed by atoms with van der Waals surface area (Å²) in [6.07, 6.45) is -0.286. The molecule has 0 aromatic heterocycles. The number of carbonyl (C=O) groups excluding carboxylic acids is 1. The number of rotatable bonds is 7. The second-order valence-corrected chi connectivity index (χ2v) is 7.49. The number of carbonyl (C=O) groups is 1. The summed E-state index contributed by atoms with van der Waals surface area (Å²) >= 11 is 3.08. The van der Waals surface area contributed by atoms with Crippen LogP contribution >= 0.6 is 26.6 Å². The highest BCUT2D eigenvalue weighted by Gasteiger charge is 2.18. The Labute approximate surface area is 136 Å². The quantitative estimate of drug-likeness (QED) is 0.705. The molecule has 1 N–H and O–H groups in total. The molecule has 0 aliphatic carbocycles. The van der Waals surface area contributed by atoms with Crippen LogP contribution in [-0.2, 0) is 18.5 Å². The molecular weight excluding hydrogens is 386 g/mol. The van der Waals surface area contributed by atoms with Crippen molar-refractivity contribution < 1.29 is 22.7 Å². The lowest BCUT2D eigenvalue weighted by atomic mass is 10.2. The van der Waals surface area contributed by atoms with Gasteiger partial charge in [-0.3, -0.25) is 4.79 Å². The summed E-state index contributed by atoms with van der Waals surface area (Å²) in [5, 5.41) is 2.64. The largest absolute Gasteiger partial charge is 0.382 e. The Balaban J connectivity index is 2.84. The Morgan fingerprint density at radius 1 is 1.43 bits per heavy atom. The number of amides is 1. The first-order valence-corrected chi connectivity index (χ1v) is 8.94. The highest BCUT2D eigenvalue weighted by Crippen LogP contribution is 2.26. The van der Waals surface area contributed by atoms with E-state index in [1.807, 2.05) is 0 Å². The van der Waals surface area contributed by atoms with E-state index in [2.05, 4.69) is 21.2 Å². The van der Waals surface area contributed by atoms with Crippen molar-refractivity contribution in [2.75, 3.05) is 27.4 Å². The molecular formula is C12H15BrClNO5S. The van der Waals surface area contributed by atoms with Gasteiger partial charge < -0.3 is 14.8 Å². The predicted octanol–water partition coefficient (Wildman–Crippen LogP) is 1.77. The second-order valence-electron chi connectivity index (χ2n) is 4.11. The minimum Gasteiger partial charge on any atom is -0.382 e. The molecule has 0 saturated heterocycles. The van der Waals surface area contributed by atoms with Gasteiger partial charge in [-0.05, 0) is 34.1 Å². The molecule has 118 valence electrons. The van der Waals surface area contributed by atoms with Gasteiger partial charge in [0.1, 0.15) is 0 Å². The van der Waals surface area contributed by atoms with E-state index in [9.17, 15) is 13.2 Å². The van der Waals surface area contributed by atoms with Crippen LogP contribution in [0.25, 0.3) is 0 Å². The minimum absolute atomic E-state index is 0.156. The Morgan fingerprint density at radius 2 is 2.10 bits per heavy atom. The van der Waals surface area contributed by atoms with Crippen LogP contribution in [0.3, 0.4) is 0 Å². The Kier molecular flexibility index (Phi) is 7.08. The summed E-state index contributed by atoms with van der Waals surface area (Å²) in [5.74, 6) is -0.429. The average molecular weight is 401 g/mol. The van der Waals surface area contributed by atoms with Crippen LogP contribution in [0.2, 0.25) is 0 Å². The molecule has 1 rings (SSSR count). The van der Waals surface area contributed by atoms with Crippen LogP contribution in [0.1, 0.15) is 10.4 Å². The van der Waals surface area contributed by atoms with Gasteiger partial charge in [0.25, 0.3) is 15.0 Å².